The molecule has 1 aliphatic rings. The van der Waals surface area contributed by atoms with E-state index in [-0.39, 0.29) is 24.2 Å². The zero-order chi connectivity index (χ0) is 14.2. The Morgan fingerprint density at radius 3 is 2.55 bits per heavy atom. The van der Waals surface area contributed by atoms with E-state index in [9.17, 15) is 8.42 Å². The number of benzene rings is 1. The lowest BCUT2D eigenvalue weighted by Crippen LogP contribution is -2.45. The Bertz CT molecular complexity index is 697. The second kappa shape index (κ2) is 4.88. The first kappa shape index (κ1) is 13.1. The van der Waals surface area contributed by atoms with Gasteiger partial charge >= 0.3 is 0 Å². The zero-order valence-corrected chi connectivity index (χ0v) is 11.3. The van der Waals surface area contributed by atoms with Crippen molar-refractivity contribution in [1.82, 2.24) is 10.1 Å². The number of hydrogen-bond acceptors (Lipinski definition) is 7. The summed E-state index contributed by atoms with van der Waals surface area (Å²) in [5.41, 5.74) is 6.18. The van der Waals surface area contributed by atoms with Gasteiger partial charge in [-0.2, -0.15) is 4.98 Å². The summed E-state index contributed by atoms with van der Waals surface area (Å²) < 4.78 is 32.5. The Balaban J connectivity index is 1.68. The van der Waals surface area contributed by atoms with Gasteiger partial charge in [0.25, 0.3) is 0 Å². The van der Waals surface area contributed by atoms with Crippen LogP contribution in [0.25, 0.3) is 11.4 Å². The number of ether oxygens (including phenoxy) is 1. The SMILES string of the molecule is NCc1nc(-c2ccc(OC3CS(=O)(=O)C3)cc2)no1. The molecule has 2 heterocycles. The second-order valence-corrected chi connectivity index (χ2v) is 6.71. The van der Waals surface area contributed by atoms with Crippen molar-refractivity contribution in [3.63, 3.8) is 0 Å². The Labute approximate surface area is 115 Å². The molecule has 0 spiro atoms. The maximum atomic E-state index is 11.0. The molecule has 0 atom stereocenters. The van der Waals surface area contributed by atoms with Crippen LogP contribution in [0.1, 0.15) is 5.89 Å². The molecule has 1 aliphatic heterocycles. The summed E-state index contributed by atoms with van der Waals surface area (Å²) in [6, 6.07) is 7.07. The van der Waals surface area contributed by atoms with Crippen LogP contribution in [-0.4, -0.2) is 36.2 Å². The summed E-state index contributed by atoms with van der Waals surface area (Å²) in [6.45, 7) is 0.199. The molecule has 0 aliphatic carbocycles. The normalized spacial score (nSPS) is 17.6. The van der Waals surface area contributed by atoms with E-state index < -0.39 is 9.84 Å². The maximum Gasteiger partial charge on any atom is 0.240 e. The molecule has 20 heavy (non-hydrogen) atoms. The zero-order valence-electron chi connectivity index (χ0n) is 10.5. The van der Waals surface area contributed by atoms with Gasteiger partial charge in [0, 0.05) is 5.56 Å². The van der Waals surface area contributed by atoms with Crippen LogP contribution in [0.15, 0.2) is 28.8 Å². The van der Waals surface area contributed by atoms with Gasteiger partial charge in [0.15, 0.2) is 9.84 Å². The first-order valence-corrected chi connectivity index (χ1v) is 7.88. The highest BCUT2D eigenvalue weighted by Gasteiger charge is 2.35. The summed E-state index contributed by atoms with van der Waals surface area (Å²) >= 11 is 0. The first-order valence-electron chi connectivity index (χ1n) is 6.06. The lowest BCUT2D eigenvalue weighted by atomic mass is 10.2. The van der Waals surface area contributed by atoms with Gasteiger partial charge in [-0.25, -0.2) is 8.42 Å². The molecule has 106 valence electrons. The highest BCUT2D eigenvalue weighted by Crippen LogP contribution is 2.23. The Hall–Kier alpha value is -1.93. The lowest BCUT2D eigenvalue weighted by molar-refractivity contribution is 0.230. The number of hydrogen-bond donors (Lipinski definition) is 1. The van der Waals surface area contributed by atoms with Crippen molar-refractivity contribution < 1.29 is 17.7 Å². The lowest BCUT2D eigenvalue weighted by Gasteiger charge is -2.26. The summed E-state index contributed by atoms with van der Waals surface area (Å²) in [5.74, 6) is 1.62. The third-order valence-electron chi connectivity index (χ3n) is 2.94. The van der Waals surface area contributed by atoms with E-state index in [0.29, 0.717) is 17.5 Å². The summed E-state index contributed by atoms with van der Waals surface area (Å²) in [6.07, 6.45) is -0.250. The summed E-state index contributed by atoms with van der Waals surface area (Å²) in [5, 5.41) is 3.81. The molecule has 0 radical (unpaired) electrons. The van der Waals surface area contributed by atoms with Gasteiger partial charge in [-0.3, -0.25) is 0 Å². The molecule has 2 N–H and O–H groups in total. The molecule has 1 fully saturated rings. The van der Waals surface area contributed by atoms with Crippen LogP contribution in [0.5, 0.6) is 5.75 Å². The predicted octanol–water partition coefficient (Wildman–Crippen LogP) is 0.371. The van der Waals surface area contributed by atoms with E-state index in [2.05, 4.69) is 10.1 Å². The molecule has 0 saturated carbocycles. The van der Waals surface area contributed by atoms with Gasteiger partial charge < -0.3 is 15.0 Å². The number of nitrogens with two attached hydrogens (primary N) is 1. The van der Waals surface area contributed by atoms with E-state index in [1.54, 1.807) is 24.3 Å². The van der Waals surface area contributed by atoms with Crippen LogP contribution in [0.4, 0.5) is 0 Å². The van der Waals surface area contributed by atoms with Gasteiger partial charge in [0.05, 0.1) is 18.1 Å². The van der Waals surface area contributed by atoms with E-state index in [4.69, 9.17) is 15.0 Å². The molecule has 0 amide bonds. The second-order valence-electron chi connectivity index (χ2n) is 4.56. The largest absolute Gasteiger partial charge is 0.488 e. The molecule has 3 rings (SSSR count). The van der Waals surface area contributed by atoms with E-state index in [0.717, 1.165) is 5.56 Å². The Kier molecular flexibility index (Phi) is 3.19. The van der Waals surface area contributed by atoms with Crippen molar-refractivity contribution in [3.8, 4) is 17.1 Å². The van der Waals surface area contributed by atoms with Crippen LogP contribution in [0.2, 0.25) is 0 Å². The van der Waals surface area contributed by atoms with Crippen molar-refractivity contribution in [1.29, 1.82) is 0 Å². The van der Waals surface area contributed by atoms with E-state index in [1.807, 2.05) is 0 Å². The van der Waals surface area contributed by atoms with Crippen LogP contribution < -0.4 is 10.5 Å². The molecule has 1 saturated heterocycles. The van der Waals surface area contributed by atoms with Crippen molar-refractivity contribution >= 4 is 9.84 Å². The standard InChI is InChI=1S/C12H13N3O4S/c13-5-11-14-12(15-19-11)8-1-3-9(4-2-8)18-10-6-20(16,17)7-10/h1-4,10H,5-7,13H2. The van der Waals surface area contributed by atoms with Gasteiger partial charge in [-0.1, -0.05) is 5.16 Å². The van der Waals surface area contributed by atoms with Crippen LogP contribution in [-0.2, 0) is 16.4 Å². The molecular formula is C12H13N3O4S. The first-order chi connectivity index (χ1) is 9.55. The summed E-state index contributed by atoms with van der Waals surface area (Å²) in [7, 11) is -2.87. The highest BCUT2D eigenvalue weighted by atomic mass is 32.2. The van der Waals surface area contributed by atoms with Crippen molar-refractivity contribution in [2.24, 2.45) is 5.73 Å². The minimum Gasteiger partial charge on any atom is -0.488 e. The van der Waals surface area contributed by atoms with E-state index in [1.165, 1.54) is 0 Å². The highest BCUT2D eigenvalue weighted by molar-refractivity contribution is 7.92. The molecule has 7 nitrogen and oxygen atoms in total. The molecule has 1 aromatic carbocycles. The minimum atomic E-state index is -2.87. The molecule has 1 aromatic heterocycles. The minimum absolute atomic E-state index is 0.0828. The smallest absolute Gasteiger partial charge is 0.240 e. The molecule has 2 aromatic rings. The van der Waals surface area contributed by atoms with Gasteiger partial charge in [-0.15, -0.1) is 0 Å². The third-order valence-corrected chi connectivity index (χ3v) is 4.70. The fourth-order valence-electron chi connectivity index (χ4n) is 1.92. The van der Waals surface area contributed by atoms with Crippen molar-refractivity contribution in [2.45, 2.75) is 12.6 Å². The monoisotopic (exact) mass is 295 g/mol. The Morgan fingerprint density at radius 1 is 1.30 bits per heavy atom. The average Bonchev–Trinajstić information content (AvgIpc) is 2.86. The van der Waals surface area contributed by atoms with Crippen LogP contribution in [0, 0.1) is 0 Å². The van der Waals surface area contributed by atoms with Crippen molar-refractivity contribution in [3.05, 3.63) is 30.2 Å². The summed E-state index contributed by atoms with van der Waals surface area (Å²) in [4.78, 5) is 4.11. The number of sulfone groups is 1. The van der Waals surface area contributed by atoms with Crippen LogP contribution >= 0.6 is 0 Å². The van der Waals surface area contributed by atoms with E-state index >= 15 is 0 Å². The molecule has 0 unspecified atom stereocenters. The Morgan fingerprint density at radius 2 is 2.00 bits per heavy atom. The predicted molar refractivity (Wildman–Crippen MR) is 70.7 cm³/mol. The maximum absolute atomic E-state index is 11.0. The van der Waals surface area contributed by atoms with Crippen molar-refractivity contribution in [2.75, 3.05) is 11.5 Å². The number of rotatable bonds is 4. The van der Waals surface area contributed by atoms with Gasteiger partial charge in [0.1, 0.15) is 11.9 Å². The quantitative estimate of drug-likeness (QED) is 0.868. The molecular weight excluding hydrogens is 282 g/mol. The fraction of sp³-hybridized carbons (Fsp3) is 0.333. The van der Waals surface area contributed by atoms with Gasteiger partial charge in [0.2, 0.25) is 11.7 Å². The third kappa shape index (κ3) is 2.66. The van der Waals surface area contributed by atoms with Gasteiger partial charge in [-0.05, 0) is 24.3 Å². The number of aromatic nitrogens is 2. The molecule has 0 bridgehead atoms. The molecule has 8 heteroatoms. The fourth-order valence-corrected chi connectivity index (χ4v) is 3.09. The number of nitrogens with zero attached hydrogens (tertiary/aromatic N) is 2. The average molecular weight is 295 g/mol. The van der Waals surface area contributed by atoms with Crippen LogP contribution in [0.3, 0.4) is 0 Å². The topological polar surface area (TPSA) is 108 Å².